The molecule has 0 atom stereocenters. The van der Waals surface area contributed by atoms with E-state index >= 15 is 0 Å². The van der Waals surface area contributed by atoms with Crippen molar-refractivity contribution in [1.82, 2.24) is 4.57 Å². The predicted octanol–water partition coefficient (Wildman–Crippen LogP) is 7.36. The lowest BCUT2D eigenvalue weighted by Crippen LogP contribution is -2.16. The summed E-state index contributed by atoms with van der Waals surface area (Å²) in [6.07, 6.45) is 9.55. The highest BCUT2D eigenvalue weighted by Gasteiger charge is 2.40. The fourth-order valence-corrected chi connectivity index (χ4v) is 5.34. The van der Waals surface area contributed by atoms with Crippen molar-refractivity contribution in [2.24, 2.45) is 11.1 Å². The van der Waals surface area contributed by atoms with Crippen LogP contribution < -0.4 is 5.14 Å². The SMILES string of the molecule is Cc1c(SN)cc(-c2cc(C(C)(C)C)cc(C3(C)CC3)c2)n1CC1CCCCC1. The molecule has 158 valence electrons. The molecule has 2 aromatic rings. The Morgan fingerprint density at radius 3 is 2.34 bits per heavy atom. The first-order valence-electron chi connectivity index (χ1n) is 11.4. The van der Waals surface area contributed by atoms with Gasteiger partial charge in [0, 0.05) is 22.8 Å². The molecule has 2 aliphatic rings. The summed E-state index contributed by atoms with van der Waals surface area (Å²) in [5.74, 6) is 0.801. The molecule has 0 radical (unpaired) electrons. The van der Waals surface area contributed by atoms with Crippen LogP contribution in [0.2, 0.25) is 0 Å². The molecular weight excluding hydrogens is 372 g/mol. The molecule has 1 aromatic carbocycles. The van der Waals surface area contributed by atoms with Gasteiger partial charge in [-0.05, 0) is 96.2 Å². The van der Waals surface area contributed by atoms with Crippen molar-refractivity contribution in [2.75, 3.05) is 0 Å². The van der Waals surface area contributed by atoms with E-state index in [0.717, 1.165) is 12.5 Å². The molecule has 3 heteroatoms. The molecule has 29 heavy (non-hydrogen) atoms. The fourth-order valence-electron chi connectivity index (χ4n) is 4.88. The van der Waals surface area contributed by atoms with Gasteiger partial charge in [-0.2, -0.15) is 0 Å². The van der Waals surface area contributed by atoms with Crippen molar-refractivity contribution in [3.05, 3.63) is 41.1 Å². The van der Waals surface area contributed by atoms with Crippen LogP contribution in [0.15, 0.2) is 29.2 Å². The Bertz CT molecular complexity index is 853. The summed E-state index contributed by atoms with van der Waals surface area (Å²) in [6.45, 7) is 12.8. The summed E-state index contributed by atoms with van der Waals surface area (Å²) < 4.78 is 2.58. The van der Waals surface area contributed by atoms with Gasteiger partial charge in [-0.1, -0.05) is 53.0 Å². The van der Waals surface area contributed by atoms with E-state index < -0.39 is 0 Å². The van der Waals surface area contributed by atoms with Crippen LogP contribution in [0.25, 0.3) is 11.3 Å². The number of nitrogens with zero attached hydrogens (tertiary/aromatic N) is 1. The number of benzene rings is 1. The average molecular weight is 411 g/mol. The van der Waals surface area contributed by atoms with Crippen molar-refractivity contribution >= 4 is 11.9 Å². The minimum absolute atomic E-state index is 0.150. The molecule has 2 saturated carbocycles. The highest BCUT2D eigenvalue weighted by Crippen LogP contribution is 2.49. The molecule has 1 aromatic heterocycles. The van der Waals surface area contributed by atoms with E-state index in [2.05, 4.69) is 63.5 Å². The fraction of sp³-hybridized carbons (Fsp3) is 0.615. The number of nitrogens with two attached hydrogens (primary N) is 1. The van der Waals surface area contributed by atoms with E-state index in [1.165, 1.54) is 89.9 Å². The molecule has 0 bridgehead atoms. The summed E-state index contributed by atoms with van der Waals surface area (Å²) >= 11 is 1.40. The first-order valence-corrected chi connectivity index (χ1v) is 12.3. The molecule has 1 heterocycles. The third-order valence-electron chi connectivity index (χ3n) is 7.40. The lowest BCUT2D eigenvalue weighted by molar-refractivity contribution is 0.318. The first kappa shape index (κ1) is 21.1. The lowest BCUT2D eigenvalue weighted by atomic mass is 9.82. The maximum atomic E-state index is 6.06. The maximum Gasteiger partial charge on any atom is 0.0494 e. The molecule has 4 rings (SSSR count). The first-order chi connectivity index (χ1) is 13.7. The van der Waals surface area contributed by atoms with E-state index in [0.29, 0.717) is 5.41 Å². The van der Waals surface area contributed by atoms with Gasteiger partial charge in [-0.3, -0.25) is 5.14 Å². The van der Waals surface area contributed by atoms with Gasteiger partial charge in [0.2, 0.25) is 0 Å². The van der Waals surface area contributed by atoms with E-state index in [1.807, 2.05) is 0 Å². The Labute approximate surface area is 181 Å². The molecule has 0 unspecified atom stereocenters. The Kier molecular flexibility index (Phi) is 5.67. The molecule has 2 nitrogen and oxygen atoms in total. The van der Waals surface area contributed by atoms with E-state index in [9.17, 15) is 0 Å². The molecule has 0 saturated heterocycles. The average Bonchev–Trinajstić information content (AvgIpc) is 3.38. The summed E-state index contributed by atoms with van der Waals surface area (Å²) in [7, 11) is 0. The minimum Gasteiger partial charge on any atom is -0.343 e. The van der Waals surface area contributed by atoms with Crippen LogP contribution in [0.5, 0.6) is 0 Å². The normalized spacial score (nSPS) is 19.5. The topological polar surface area (TPSA) is 30.9 Å². The van der Waals surface area contributed by atoms with Crippen molar-refractivity contribution in [2.45, 2.75) is 102 Å². The lowest BCUT2D eigenvalue weighted by Gasteiger charge is -2.26. The van der Waals surface area contributed by atoms with Gasteiger partial charge in [0.05, 0.1) is 0 Å². The summed E-state index contributed by atoms with van der Waals surface area (Å²) in [5, 5.41) is 6.06. The largest absolute Gasteiger partial charge is 0.343 e. The van der Waals surface area contributed by atoms with Gasteiger partial charge in [0.1, 0.15) is 0 Å². The summed E-state index contributed by atoms with van der Waals surface area (Å²) in [6, 6.07) is 9.71. The highest BCUT2D eigenvalue weighted by molar-refractivity contribution is 7.97. The molecule has 2 fully saturated rings. The van der Waals surface area contributed by atoms with Gasteiger partial charge in [0.25, 0.3) is 0 Å². The Morgan fingerprint density at radius 2 is 1.76 bits per heavy atom. The minimum atomic E-state index is 0.150. The van der Waals surface area contributed by atoms with Gasteiger partial charge in [0.15, 0.2) is 0 Å². The van der Waals surface area contributed by atoms with Gasteiger partial charge >= 0.3 is 0 Å². The molecule has 2 aliphatic carbocycles. The van der Waals surface area contributed by atoms with Crippen molar-refractivity contribution in [3.63, 3.8) is 0 Å². The van der Waals surface area contributed by atoms with Crippen LogP contribution in [0, 0.1) is 12.8 Å². The molecule has 0 aliphatic heterocycles. The number of aromatic nitrogens is 1. The summed E-state index contributed by atoms with van der Waals surface area (Å²) in [5.41, 5.74) is 7.55. The van der Waals surface area contributed by atoms with E-state index in [1.54, 1.807) is 0 Å². The number of hydrogen-bond acceptors (Lipinski definition) is 2. The van der Waals surface area contributed by atoms with Crippen LogP contribution in [-0.4, -0.2) is 4.57 Å². The number of hydrogen-bond donors (Lipinski definition) is 1. The van der Waals surface area contributed by atoms with E-state index in [-0.39, 0.29) is 5.41 Å². The molecular formula is C26H38N2S. The van der Waals surface area contributed by atoms with Crippen molar-refractivity contribution in [1.29, 1.82) is 0 Å². The van der Waals surface area contributed by atoms with Gasteiger partial charge in [-0.25, -0.2) is 0 Å². The predicted molar refractivity (Wildman–Crippen MR) is 127 cm³/mol. The van der Waals surface area contributed by atoms with E-state index in [4.69, 9.17) is 5.14 Å². The third kappa shape index (κ3) is 4.32. The zero-order valence-corrected chi connectivity index (χ0v) is 19.8. The molecule has 0 amide bonds. The van der Waals surface area contributed by atoms with Crippen molar-refractivity contribution < 1.29 is 0 Å². The Balaban J connectivity index is 1.81. The second kappa shape index (κ2) is 7.81. The Morgan fingerprint density at radius 1 is 1.07 bits per heavy atom. The van der Waals surface area contributed by atoms with Gasteiger partial charge < -0.3 is 4.57 Å². The third-order valence-corrected chi connectivity index (χ3v) is 8.07. The van der Waals surface area contributed by atoms with Crippen LogP contribution in [-0.2, 0) is 17.4 Å². The molecule has 2 N–H and O–H groups in total. The molecule has 0 spiro atoms. The van der Waals surface area contributed by atoms with Crippen LogP contribution >= 0.6 is 11.9 Å². The smallest absolute Gasteiger partial charge is 0.0494 e. The van der Waals surface area contributed by atoms with Crippen LogP contribution in [0.3, 0.4) is 0 Å². The maximum absolute atomic E-state index is 6.06. The zero-order valence-electron chi connectivity index (χ0n) is 19.0. The second-order valence-corrected chi connectivity index (χ2v) is 11.5. The highest BCUT2D eigenvalue weighted by atomic mass is 32.2. The van der Waals surface area contributed by atoms with Gasteiger partial charge in [-0.15, -0.1) is 0 Å². The Hall–Kier alpha value is -1.19. The second-order valence-electron chi connectivity index (χ2n) is 10.8. The standard InChI is InChI=1S/C26H38N2S/c1-18-24(29-27)16-23(28(18)17-19-9-7-6-8-10-19)20-13-21(25(2,3)4)15-22(14-20)26(5)11-12-26/h13-16,19H,6-12,17,27H2,1-5H3. The number of rotatable bonds is 5. The quantitative estimate of drug-likeness (QED) is 0.522. The van der Waals surface area contributed by atoms with Crippen molar-refractivity contribution in [3.8, 4) is 11.3 Å². The van der Waals surface area contributed by atoms with Crippen LogP contribution in [0.1, 0.15) is 89.5 Å². The monoisotopic (exact) mass is 410 g/mol. The zero-order chi connectivity index (χ0) is 20.8. The van der Waals surface area contributed by atoms with Crippen LogP contribution in [0.4, 0.5) is 0 Å². The summed E-state index contributed by atoms with van der Waals surface area (Å²) in [4.78, 5) is 1.22.